The van der Waals surface area contributed by atoms with Crippen molar-refractivity contribution in [2.24, 2.45) is 0 Å². The Labute approximate surface area is 126 Å². The molecule has 0 spiro atoms. The minimum absolute atomic E-state index is 0.0428. The van der Waals surface area contributed by atoms with Crippen molar-refractivity contribution in [1.82, 2.24) is 14.8 Å². The van der Waals surface area contributed by atoms with Gasteiger partial charge >= 0.3 is 0 Å². The van der Waals surface area contributed by atoms with E-state index in [-0.39, 0.29) is 11.8 Å². The van der Waals surface area contributed by atoms with Crippen molar-refractivity contribution in [2.45, 2.75) is 0 Å². The number of nitrogen functional groups attached to an aromatic ring is 1. The summed E-state index contributed by atoms with van der Waals surface area (Å²) in [6, 6.07) is 5.32. The van der Waals surface area contributed by atoms with Gasteiger partial charge in [-0.3, -0.25) is 9.59 Å². The highest BCUT2D eigenvalue weighted by Crippen LogP contribution is 2.15. The number of thiophene rings is 1. The Morgan fingerprint density at radius 3 is 2.33 bits per heavy atom. The summed E-state index contributed by atoms with van der Waals surface area (Å²) >= 11 is 1.44. The molecule has 2 aromatic rings. The number of rotatable bonds is 2. The standard InChI is InChI=1S/C14H16N4O2S/c15-10-8-11(16-9-10)13(19)17-3-5-18(6-4-17)14(20)12-2-1-7-21-12/h1-2,7-9,16H,3-6,15H2. The third-order valence-corrected chi connectivity index (χ3v) is 4.38. The minimum atomic E-state index is -0.0741. The van der Waals surface area contributed by atoms with E-state index in [0.717, 1.165) is 4.88 Å². The van der Waals surface area contributed by atoms with E-state index in [1.165, 1.54) is 11.3 Å². The fraction of sp³-hybridized carbons (Fsp3) is 0.286. The summed E-state index contributed by atoms with van der Waals surface area (Å²) in [5.74, 6) is -0.0314. The van der Waals surface area contributed by atoms with Crippen LogP contribution in [0.25, 0.3) is 0 Å². The lowest BCUT2D eigenvalue weighted by atomic mass is 10.2. The lowest BCUT2D eigenvalue weighted by Gasteiger charge is -2.34. The predicted octanol–water partition coefficient (Wildman–Crippen LogP) is 1.26. The molecule has 0 aliphatic carbocycles. The second-order valence-corrected chi connectivity index (χ2v) is 5.86. The van der Waals surface area contributed by atoms with Gasteiger partial charge in [0.2, 0.25) is 0 Å². The van der Waals surface area contributed by atoms with Gasteiger partial charge in [-0.15, -0.1) is 11.3 Å². The van der Waals surface area contributed by atoms with Crippen molar-refractivity contribution in [3.8, 4) is 0 Å². The largest absolute Gasteiger partial charge is 0.397 e. The highest BCUT2D eigenvalue weighted by atomic mass is 32.1. The maximum Gasteiger partial charge on any atom is 0.270 e. The Hall–Kier alpha value is -2.28. The number of hydrogen-bond donors (Lipinski definition) is 2. The third-order valence-electron chi connectivity index (χ3n) is 3.52. The van der Waals surface area contributed by atoms with Gasteiger partial charge in [-0.2, -0.15) is 0 Å². The number of H-pyrrole nitrogens is 1. The number of anilines is 1. The molecule has 110 valence electrons. The van der Waals surface area contributed by atoms with E-state index in [1.807, 2.05) is 17.5 Å². The van der Waals surface area contributed by atoms with Crippen LogP contribution in [0.5, 0.6) is 0 Å². The van der Waals surface area contributed by atoms with Gasteiger partial charge in [-0.25, -0.2) is 0 Å². The van der Waals surface area contributed by atoms with Crippen LogP contribution in [0.1, 0.15) is 20.2 Å². The summed E-state index contributed by atoms with van der Waals surface area (Å²) in [6.07, 6.45) is 1.60. The molecule has 0 radical (unpaired) electrons. The van der Waals surface area contributed by atoms with E-state index in [1.54, 1.807) is 22.1 Å². The number of nitrogens with zero attached hydrogens (tertiary/aromatic N) is 2. The molecule has 0 atom stereocenters. The molecule has 1 aliphatic rings. The normalized spacial score (nSPS) is 15.2. The number of aromatic amines is 1. The molecule has 1 saturated heterocycles. The van der Waals surface area contributed by atoms with Crippen LogP contribution < -0.4 is 5.73 Å². The lowest BCUT2D eigenvalue weighted by molar-refractivity contribution is 0.0535. The van der Waals surface area contributed by atoms with Crippen LogP contribution in [0, 0.1) is 0 Å². The van der Waals surface area contributed by atoms with Crippen LogP contribution in [0.4, 0.5) is 5.69 Å². The second-order valence-electron chi connectivity index (χ2n) is 4.91. The fourth-order valence-electron chi connectivity index (χ4n) is 2.37. The third kappa shape index (κ3) is 2.78. The number of nitrogens with one attached hydrogen (secondary N) is 1. The van der Waals surface area contributed by atoms with Gasteiger partial charge in [0.1, 0.15) is 5.69 Å². The van der Waals surface area contributed by atoms with Crippen LogP contribution in [0.15, 0.2) is 29.8 Å². The zero-order valence-corrected chi connectivity index (χ0v) is 12.2. The number of carbonyl (C=O) groups is 2. The SMILES string of the molecule is Nc1c[nH]c(C(=O)N2CCN(C(=O)c3cccs3)CC2)c1. The first-order valence-corrected chi connectivity index (χ1v) is 7.59. The Kier molecular flexibility index (Phi) is 3.66. The first-order valence-electron chi connectivity index (χ1n) is 6.71. The molecule has 3 N–H and O–H groups in total. The number of hydrogen-bond acceptors (Lipinski definition) is 4. The van der Waals surface area contributed by atoms with Crippen LogP contribution in [0.2, 0.25) is 0 Å². The number of amides is 2. The molecule has 7 heteroatoms. The average molecular weight is 304 g/mol. The topological polar surface area (TPSA) is 82.4 Å². The maximum atomic E-state index is 12.3. The molecule has 3 heterocycles. The van der Waals surface area contributed by atoms with Gasteiger partial charge in [-0.1, -0.05) is 6.07 Å². The molecular formula is C14H16N4O2S. The first-order chi connectivity index (χ1) is 10.1. The fourth-order valence-corrected chi connectivity index (χ4v) is 3.06. The molecule has 3 rings (SSSR count). The molecule has 2 amide bonds. The van der Waals surface area contributed by atoms with E-state index < -0.39 is 0 Å². The smallest absolute Gasteiger partial charge is 0.270 e. The number of piperazine rings is 1. The highest BCUT2D eigenvalue weighted by Gasteiger charge is 2.26. The van der Waals surface area contributed by atoms with Crippen LogP contribution in [-0.4, -0.2) is 52.8 Å². The van der Waals surface area contributed by atoms with Gasteiger partial charge in [0.15, 0.2) is 0 Å². The molecule has 6 nitrogen and oxygen atoms in total. The Morgan fingerprint density at radius 1 is 1.14 bits per heavy atom. The summed E-state index contributed by atoms with van der Waals surface area (Å²) in [4.78, 5) is 31.6. The predicted molar refractivity (Wildman–Crippen MR) is 81.3 cm³/mol. The van der Waals surface area contributed by atoms with Crippen LogP contribution >= 0.6 is 11.3 Å². The second kappa shape index (κ2) is 5.61. The molecule has 21 heavy (non-hydrogen) atoms. The molecule has 0 unspecified atom stereocenters. The molecule has 0 saturated carbocycles. The summed E-state index contributed by atoms with van der Waals surface area (Å²) in [5, 5.41) is 1.89. The maximum absolute atomic E-state index is 12.3. The lowest BCUT2D eigenvalue weighted by Crippen LogP contribution is -2.50. The number of aromatic nitrogens is 1. The summed E-state index contributed by atoms with van der Waals surface area (Å²) in [5.41, 5.74) is 6.65. The van der Waals surface area contributed by atoms with E-state index in [9.17, 15) is 9.59 Å². The van der Waals surface area contributed by atoms with Gasteiger partial charge in [0, 0.05) is 38.1 Å². The molecule has 1 aliphatic heterocycles. The minimum Gasteiger partial charge on any atom is -0.397 e. The van der Waals surface area contributed by atoms with E-state index >= 15 is 0 Å². The van der Waals surface area contributed by atoms with Crippen LogP contribution in [0.3, 0.4) is 0 Å². The highest BCUT2D eigenvalue weighted by molar-refractivity contribution is 7.12. The van der Waals surface area contributed by atoms with E-state index in [0.29, 0.717) is 37.6 Å². The van der Waals surface area contributed by atoms with E-state index in [4.69, 9.17) is 5.73 Å². The van der Waals surface area contributed by atoms with Crippen molar-refractivity contribution >= 4 is 28.8 Å². The van der Waals surface area contributed by atoms with Crippen molar-refractivity contribution in [2.75, 3.05) is 31.9 Å². The van der Waals surface area contributed by atoms with Crippen molar-refractivity contribution in [3.63, 3.8) is 0 Å². The van der Waals surface area contributed by atoms with Gasteiger partial charge < -0.3 is 20.5 Å². The Morgan fingerprint density at radius 2 is 1.81 bits per heavy atom. The van der Waals surface area contributed by atoms with Gasteiger partial charge in [0.05, 0.1) is 4.88 Å². The Balaban J connectivity index is 1.60. The summed E-state index contributed by atoms with van der Waals surface area (Å²) in [6.45, 7) is 2.18. The van der Waals surface area contributed by atoms with Crippen molar-refractivity contribution in [1.29, 1.82) is 0 Å². The average Bonchev–Trinajstić information content (AvgIpc) is 3.17. The zero-order valence-electron chi connectivity index (χ0n) is 11.4. The molecule has 1 fully saturated rings. The van der Waals surface area contributed by atoms with Gasteiger partial charge in [-0.05, 0) is 17.5 Å². The van der Waals surface area contributed by atoms with Crippen molar-refractivity contribution in [3.05, 3.63) is 40.3 Å². The number of nitrogens with two attached hydrogens (primary N) is 1. The Bertz CT molecular complexity index is 642. The monoisotopic (exact) mass is 304 g/mol. The van der Waals surface area contributed by atoms with E-state index in [2.05, 4.69) is 4.98 Å². The van der Waals surface area contributed by atoms with Crippen LogP contribution in [-0.2, 0) is 0 Å². The molecule has 0 bridgehead atoms. The quantitative estimate of drug-likeness (QED) is 0.876. The summed E-state index contributed by atoms with van der Waals surface area (Å²) in [7, 11) is 0. The molecule has 2 aromatic heterocycles. The molecular weight excluding hydrogens is 288 g/mol. The zero-order chi connectivity index (χ0) is 14.8. The first kappa shape index (κ1) is 13.7. The summed E-state index contributed by atoms with van der Waals surface area (Å²) < 4.78 is 0. The van der Waals surface area contributed by atoms with Crippen molar-refractivity contribution < 1.29 is 9.59 Å². The number of carbonyl (C=O) groups excluding carboxylic acids is 2. The molecule has 0 aromatic carbocycles. The van der Waals surface area contributed by atoms with Gasteiger partial charge in [0.25, 0.3) is 11.8 Å².